The Balaban J connectivity index is 2.14. The van der Waals surface area contributed by atoms with Crippen LogP contribution in [0.3, 0.4) is 0 Å². The Morgan fingerprint density at radius 1 is 1.26 bits per heavy atom. The molecule has 4 nitrogen and oxygen atoms in total. The third-order valence-corrected chi connectivity index (χ3v) is 2.80. The lowest BCUT2D eigenvalue weighted by molar-refractivity contribution is -0.122. The van der Waals surface area contributed by atoms with Gasteiger partial charge in [-0.2, -0.15) is 0 Å². The highest BCUT2D eigenvalue weighted by molar-refractivity contribution is 5.77. The molecule has 1 N–H and O–H groups in total. The van der Waals surface area contributed by atoms with Gasteiger partial charge in [0, 0.05) is 13.5 Å². The molecule has 2 rings (SSSR count). The molecular weight excluding hydrogens is 242 g/mol. The van der Waals surface area contributed by atoms with Crippen LogP contribution in [0.1, 0.15) is 23.8 Å². The molecule has 0 fully saturated rings. The lowest BCUT2D eigenvalue weighted by atomic mass is 10.0. The average Bonchev–Trinajstić information content (AvgIpc) is 2.97. The molecule has 1 aromatic carbocycles. The average molecular weight is 259 g/mol. The van der Waals surface area contributed by atoms with Crippen LogP contribution in [0.5, 0.6) is 0 Å². The van der Waals surface area contributed by atoms with Crippen molar-refractivity contribution >= 4 is 5.91 Å². The molecular formula is C15H17NO3. The van der Waals surface area contributed by atoms with Crippen LogP contribution in [0.15, 0.2) is 53.1 Å². The number of carbonyl (C=O) groups excluding carboxylic acids is 1. The standard InChI is InChI=1S/C15H17NO3/c1-18-11-9-14(17)16-15(13-8-5-10-19-13)12-6-3-2-4-7-12/h2-8,10,15H,9,11H2,1H3,(H,16,17). The van der Waals surface area contributed by atoms with E-state index >= 15 is 0 Å². The summed E-state index contributed by atoms with van der Waals surface area (Å²) in [5.41, 5.74) is 0.989. The maximum atomic E-state index is 11.8. The molecule has 2 aromatic rings. The van der Waals surface area contributed by atoms with Gasteiger partial charge in [0.2, 0.25) is 5.91 Å². The predicted octanol–water partition coefficient (Wildman–Crippen LogP) is 2.52. The number of hydrogen-bond donors (Lipinski definition) is 1. The van der Waals surface area contributed by atoms with Crippen LogP contribution < -0.4 is 5.32 Å². The fraction of sp³-hybridized carbons (Fsp3) is 0.267. The molecule has 19 heavy (non-hydrogen) atoms. The number of hydrogen-bond acceptors (Lipinski definition) is 3. The van der Waals surface area contributed by atoms with Crippen LogP contribution >= 0.6 is 0 Å². The Kier molecular flexibility index (Phi) is 4.75. The van der Waals surface area contributed by atoms with Gasteiger partial charge in [-0.1, -0.05) is 30.3 Å². The van der Waals surface area contributed by atoms with Crippen LogP contribution in [0.25, 0.3) is 0 Å². The fourth-order valence-electron chi connectivity index (χ4n) is 1.85. The van der Waals surface area contributed by atoms with Crippen molar-refractivity contribution in [3.8, 4) is 0 Å². The van der Waals surface area contributed by atoms with Gasteiger partial charge in [-0.05, 0) is 17.7 Å². The molecule has 100 valence electrons. The Morgan fingerprint density at radius 3 is 2.68 bits per heavy atom. The summed E-state index contributed by atoms with van der Waals surface area (Å²) in [7, 11) is 1.58. The molecule has 0 aliphatic carbocycles. The second-order valence-electron chi connectivity index (χ2n) is 4.17. The van der Waals surface area contributed by atoms with Crippen molar-refractivity contribution < 1.29 is 13.9 Å². The smallest absolute Gasteiger partial charge is 0.223 e. The second-order valence-corrected chi connectivity index (χ2v) is 4.17. The molecule has 1 unspecified atom stereocenters. The third kappa shape index (κ3) is 3.69. The van der Waals surface area contributed by atoms with Crippen molar-refractivity contribution in [2.75, 3.05) is 13.7 Å². The largest absolute Gasteiger partial charge is 0.467 e. The number of amides is 1. The predicted molar refractivity (Wildman–Crippen MR) is 71.6 cm³/mol. The first kappa shape index (κ1) is 13.4. The van der Waals surface area contributed by atoms with E-state index < -0.39 is 0 Å². The maximum Gasteiger partial charge on any atom is 0.223 e. The number of benzene rings is 1. The number of nitrogens with one attached hydrogen (secondary N) is 1. The second kappa shape index (κ2) is 6.75. The zero-order valence-electron chi connectivity index (χ0n) is 10.8. The van der Waals surface area contributed by atoms with Crippen molar-refractivity contribution in [2.45, 2.75) is 12.5 Å². The molecule has 1 atom stereocenters. The van der Waals surface area contributed by atoms with E-state index in [0.717, 1.165) is 11.3 Å². The summed E-state index contributed by atoms with van der Waals surface area (Å²) in [6.45, 7) is 0.408. The summed E-state index contributed by atoms with van der Waals surface area (Å²) in [6, 6.07) is 13.1. The Labute approximate surface area is 112 Å². The minimum atomic E-state index is -0.263. The number of rotatable bonds is 6. The first-order valence-electron chi connectivity index (χ1n) is 6.18. The molecule has 1 heterocycles. The van der Waals surface area contributed by atoms with Crippen molar-refractivity contribution in [1.82, 2.24) is 5.32 Å². The Morgan fingerprint density at radius 2 is 2.05 bits per heavy atom. The molecule has 4 heteroatoms. The highest BCUT2D eigenvalue weighted by Gasteiger charge is 2.18. The zero-order chi connectivity index (χ0) is 13.5. The van der Waals surface area contributed by atoms with Gasteiger partial charge in [0.25, 0.3) is 0 Å². The van der Waals surface area contributed by atoms with Gasteiger partial charge in [0.1, 0.15) is 11.8 Å². The maximum absolute atomic E-state index is 11.8. The van der Waals surface area contributed by atoms with Crippen LogP contribution in [0.4, 0.5) is 0 Å². The van der Waals surface area contributed by atoms with Gasteiger partial charge in [0.15, 0.2) is 0 Å². The minimum absolute atomic E-state index is 0.0629. The molecule has 0 saturated heterocycles. The Bertz CT molecular complexity index is 493. The first-order valence-corrected chi connectivity index (χ1v) is 6.18. The van der Waals surface area contributed by atoms with E-state index in [2.05, 4.69) is 5.32 Å². The van der Waals surface area contributed by atoms with E-state index in [1.54, 1.807) is 13.4 Å². The van der Waals surface area contributed by atoms with Crippen LogP contribution in [-0.4, -0.2) is 19.6 Å². The van der Waals surface area contributed by atoms with E-state index in [0.29, 0.717) is 13.0 Å². The summed E-state index contributed by atoms with van der Waals surface area (Å²) in [5.74, 6) is 0.657. The van der Waals surface area contributed by atoms with Crippen molar-refractivity contribution in [3.05, 3.63) is 60.1 Å². The number of carbonyl (C=O) groups is 1. The van der Waals surface area contributed by atoms with E-state index in [1.165, 1.54) is 0 Å². The van der Waals surface area contributed by atoms with Crippen LogP contribution in [0.2, 0.25) is 0 Å². The molecule has 0 aliphatic rings. The van der Waals surface area contributed by atoms with E-state index in [9.17, 15) is 4.79 Å². The molecule has 1 amide bonds. The molecule has 0 spiro atoms. The van der Waals surface area contributed by atoms with Gasteiger partial charge in [-0.15, -0.1) is 0 Å². The molecule has 0 radical (unpaired) electrons. The van der Waals surface area contributed by atoms with Crippen molar-refractivity contribution in [3.63, 3.8) is 0 Å². The zero-order valence-corrected chi connectivity index (χ0v) is 10.8. The van der Waals surface area contributed by atoms with E-state index in [1.807, 2.05) is 42.5 Å². The van der Waals surface area contributed by atoms with Gasteiger partial charge in [-0.3, -0.25) is 4.79 Å². The topological polar surface area (TPSA) is 51.5 Å². The van der Waals surface area contributed by atoms with E-state index in [4.69, 9.17) is 9.15 Å². The quantitative estimate of drug-likeness (QED) is 0.867. The highest BCUT2D eigenvalue weighted by Crippen LogP contribution is 2.22. The van der Waals surface area contributed by atoms with Gasteiger partial charge >= 0.3 is 0 Å². The summed E-state index contributed by atoms with van der Waals surface area (Å²) in [6.07, 6.45) is 1.94. The summed E-state index contributed by atoms with van der Waals surface area (Å²) < 4.78 is 10.3. The molecule has 0 aliphatic heterocycles. The lowest BCUT2D eigenvalue weighted by Crippen LogP contribution is -2.29. The fourth-order valence-corrected chi connectivity index (χ4v) is 1.85. The minimum Gasteiger partial charge on any atom is -0.467 e. The third-order valence-electron chi connectivity index (χ3n) is 2.80. The Hall–Kier alpha value is -2.07. The number of ether oxygens (including phenoxy) is 1. The van der Waals surface area contributed by atoms with E-state index in [-0.39, 0.29) is 11.9 Å². The number of furan rings is 1. The molecule has 0 saturated carbocycles. The van der Waals surface area contributed by atoms with Crippen molar-refractivity contribution in [2.24, 2.45) is 0 Å². The van der Waals surface area contributed by atoms with Crippen LogP contribution in [-0.2, 0) is 9.53 Å². The normalized spacial score (nSPS) is 12.1. The van der Waals surface area contributed by atoms with Gasteiger partial charge in [0.05, 0.1) is 12.9 Å². The SMILES string of the molecule is COCCC(=O)NC(c1ccccc1)c1ccco1. The summed E-state index contributed by atoms with van der Waals surface area (Å²) in [4.78, 5) is 11.8. The highest BCUT2D eigenvalue weighted by atomic mass is 16.5. The lowest BCUT2D eigenvalue weighted by Gasteiger charge is -2.17. The number of methoxy groups -OCH3 is 1. The monoisotopic (exact) mass is 259 g/mol. The van der Waals surface area contributed by atoms with Crippen molar-refractivity contribution in [1.29, 1.82) is 0 Å². The molecule has 0 bridgehead atoms. The van der Waals surface area contributed by atoms with Crippen LogP contribution in [0, 0.1) is 0 Å². The summed E-state index contributed by atoms with van der Waals surface area (Å²) >= 11 is 0. The summed E-state index contributed by atoms with van der Waals surface area (Å²) in [5, 5.41) is 2.96. The first-order chi connectivity index (χ1) is 9.31. The van der Waals surface area contributed by atoms with Gasteiger partial charge in [-0.25, -0.2) is 0 Å². The van der Waals surface area contributed by atoms with Gasteiger partial charge < -0.3 is 14.5 Å². The molecule has 1 aromatic heterocycles.